The second-order valence-corrected chi connectivity index (χ2v) is 5.75. The van der Waals surface area contributed by atoms with Crippen LogP contribution in [0.2, 0.25) is 0 Å². The van der Waals surface area contributed by atoms with Crippen molar-refractivity contribution in [2.45, 2.75) is 31.8 Å². The van der Waals surface area contributed by atoms with Crippen LogP contribution in [0, 0.1) is 17.8 Å². The first-order chi connectivity index (χ1) is 7.72. The van der Waals surface area contributed by atoms with Gasteiger partial charge in [0.1, 0.15) is 0 Å². The molecule has 2 fully saturated rings. The monoisotopic (exact) mass is 226 g/mol. The number of hydrogen-bond acceptors (Lipinski definition) is 3. The van der Waals surface area contributed by atoms with Crippen LogP contribution in [0.5, 0.6) is 0 Å². The Morgan fingerprint density at radius 1 is 1.38 bits per heavy atom. The van der Waals surface area contributed by atoms with Crippen LogP contribution in [0.1, 0.15) is 25.7 Å². The Hall–Kier alpha value is -0.120. The maximum atomic E-state index is 5.65. The van der Waals surface area contributed by atoms with Gasteiger partial charge in [-0.05, 0) is 44.1 Å². The molecule has 0 aromatic heterocycles. The molecule has 0 aliphatic heterocycles. The Kier molecular flexibility index (Phi) is 4.22. The third-order valence-corrected chi connectivity index (χ3v) is 4.54. The molecule has 4 unspecified atom stereocenters. The van der Waals surface area contributed by atoms with Crippen molar-refractivity contribution in [1.82, 2.24) is 4.90 Å². The Morgan fingerprint density at radius 2 is 2.19 bits per heavy atom. The Balaban J connectivity index is 1.72. The molecule has 16 heavy (non-hydrogen) atoms. The van der Waals surface area contributed by atoms with Crippen LogP contribution >= 0.6 is 0 Å². The van der Waals surface area contributed by atoms with E-state index in [9.17, 15) is 0 Å². The largest absolute Gasteiger partial charge is 0.379 e. The smallest absolute Gasteiger partial charge is 0.0820 e. The van der Waals surface area contributed by atoms with Crippen LogP contribution in [-0.2, 0) is 4.74 Å². The summed E-state index contributed by atoms with van der Waals surface area (Å²) >= 11 is 0. The fourth-order valence-electron chi connectivity index (χ4n) is 3.67. The molecule has 0 aromatic carbocycles. The fraction of sp³-hybridized carbons (Fsp3) is 1.00. The van der Waals surface area contributed by atoms with E-state index in [1.807, 2.05) is 0 Å². The topological polar surface area (TPSA) is 38.5 Å². The normalized spacial score (nSPS) is 34.9. The van der Waals surface area contributed by atoms with Crippen LogP contribution < -0.4 is 5.73 Å². The predicted octanol–water partition coefficient (Wildman–Crippen LogP) is 1.33. The number of nitrogens with two attached hydrogens (primary N) is 1. The second kappa shape index (κ2) is 5.48. The summed E-state index contributed by atoms with van der Waals surface area (Å²) in [5.74, 6) is 3.02. The molecule has 3 heteroatoms. The van der Waals surface area contributed by atoms with E-state index in [2.05, 4.69) is 11.9 Å². The predicted molar refractivity (Wildman–Crippen MR) is 66.3 cm³/mol. The maximum Gasteiger partial charge on any atom is 0.0820 e. The summed E-state index contributed by atoms with van der Waals surface area (Å²) in [4.78, 5) is 2.41. The lowest BCUT2D eigenvalue weighted by molar-refractivity contribution is 0.0698. The number of likely N-dealkylation sites (N-methyl/N-ethyl adjacent to an activating group) is 1. The van der Waals surface area contributed by atoms with Gasteiger partial charge in [-0.15, -0.1) is 0 Å². The van der Waals surface area contributed by atoms with Crippen molar-refractivity contribution in [3.8, 4) is 0 Å². The average Bonchev–Trinajstić information content (AvgIpc) is 2.87. The van der Waals surface area contributed by atoms with E-state index < -0.39 is 0 Å². The van der Waals surface area contributed by atoms with Crippen LogP contribution in [0.4, 0.5) is 0 Å². The SMILES string of the molecule is COC(CN)CN(C)CC1CC2CCC1C2. The first-order valence-electron chi connectivity index (χ1n) is 6.64. The highest BCUT2D eigenvalue weighted by atomic mass is 16.5. The summed E-state index contributed by atoms with van der Waals surface area (Å²) in [6.07, 6.45) is 6.14. The molecule has 2 saturated carbocycles. The van der Waals surface area contributed by atoms with Gasteiger partial charge in [0.15, 0.2) is 0 Å². The number of rotatable bonds is 6. The van der Waals surface area contributed by atoms with Gasteiger partial charge in [-0.1, -0.05) is 6.42 Å². The molecule has 94 valence electrons. The van der Waals surface area contributed by atoms with Gasteiger partial charge in [0, 0.05) is 26.7 Å². The van der Waals surface area contributed by atoms with Crippen molar-refractivity contribution >= 4 is 0 Å². The van der Waals surface area contributed by atoms with Gasteiger partial charge in [-0.3, -0.25) is 0 Å². The molecule has 0 heterocycles. The van der Waals surface area contributed by atoms with Crippen molar-refractivity contribution in [1.29, 1.82) is 0 Å². The standard InChI is InChI=1S/C13H26N2O/c1-15(9-13(7-14)16-2)8-12-6-10-3-4-11(12)5-10/h10-13H,3-9,14H2,1-2H3. The highest BCUT2D eigenvalue weighted by molar-refractivity contribution is 4.91. The number of methoxy groups -OCH3 is 1. The van der Waals surface area contributed by atoms with Crippen molar-refractivity contribution in [2.75, 3.05) is 33.8 Å². The molecule has 2 aliphatic carbocycles. The molecule has 0 aromatic rings. The van der Waals surface area contributed by atoms with Gasteiger partial charge < -0.3 is 15.4 Å². The lowest BCUT2D eigenvalue weighted by Gasteiger charge is -2.29. The second-order valence-electron chi connectivity index (χ2n) is 5.75. The zero-order valence-corrected chi connectivity index (χ0v) is 10.7. The van der Waals surface area contributed by atoms with Gasteiger partial charge in [0.05, 0.1) is 6.10 Å². The highest BCUT2D eigenvalue weighted by Crippen LogP contribution is 2.48. The van der Waals surface area contributed by atoms with E-state index in [-0.39, 0.29) is 6.10 Å². The van der Waals surface area contributed by atoms with E-state index in [0.717, 1.165) is 24.3 Å². The molecule has 4 atom stereocenters. The minimum Gasteiger partial charge on any atom is -0.379 e. The van der Waals surface area contributed by atoms with Crippen molar-refractivity contribution < 1.29 is 4.74 Å². The molecular formula is C13H26N2O. The average molecular weight is 226 g/mol. The Morgan fingerprint density at radius 3 is 2.69 bits per heavy atom. The van der Waals surface area contributed by atoms with Crippen LogP contribution in [0.15, 0.2) is 0 Å². The van der Waals surface area contributed by atoms with Gasteiger partial charge in [0.2, 0.25) is 0 Å². The number of ether oxygens (including phenoxy) is 1. The third-order valence-electron chi connectivity index (χ3n) is 4.54. The summed E-state index contributed by atoms with van der Waals surface area (Å²) in [6, 6.07) is 0. The van der Waals surface area contributed by atoms with E-state index in [0.29, 0.717) is 6.54 Å². The lowest BCUT2D eigenvalue weighted by atomic mass is 9.88. The highest BCUT2D eigenvalue weighted by Gasteiger charge is 2.39. The zero-order valence-electron chi connectivity index (χ0n) is 10.7. The van der Waals surface area contributed by atoms with Gasteiger partial charge in [-0.25, -0.2) is 0 Å². The van der Waals surface area contributed by atoms with Crippen molar-refractivity contribution in [2.24, 2.45) is 23.5 Å². The van der Waals surface area contributed by atoms with E-state index in [4.69, 9.17) is 10.5 Å². The molecular weight excluding hydrogens is 200 g/mol. The molecule has 0 spiro atoms. The molecule has 2 aliphatic rings. The first-order valence-corrected chi connectivity index (χ1v) is 6.64. The van der Waals surface area contributed by atoms with Crippen molar-refractivity contribution in [3.05, 3.63) is 0 Å². The summed E-state index contributed by atoms with van der Waals surface area (Å²) in [6.45, 7) is 2.83. The Bertz CT molecular complexity index is 218. The number of hydrogen-bond donors (Lipinski definition) is 1. The maximum absolute atomic E-state index is 5.65. The molecule has 0 saturated heterocycles. The molecule has 2 bridgehead atoms. The van der Waals surface area contributed by atoms with Gasteiger partial charge in [-0.2, -0.15) is 0 Å². The molecule has 3 nitrogen and oxygen atoms in total. The van der Waals surface area contributed by atoms with Crippen molar-refractivity contribution in [3.63, 3.8) is 0 Å². The molecule has 2 N–H and O–H groups in total. The fourth-order valence-corrected chi connectivity index (χ4v) is 3.67. The van der Waals surface area contributed by atoms with E-state index >= 15 is 0 Å². The van der Waals surface area contributed by atoms with Crippen LogP contribution in [0.3, 0.4) is 0 Å². The first kappa shape index (κ1) is 12.3. The number of nitrogens with zero attached hydrogens (tertiary/aromatic N) is 1. The van der Waals surface area contributed by atoms with Crippen LogP contribution in [-0.4, -0.2) is 44.8 Å². The third kappa shape index (κ3) is 2.76. The van der Waals surface area contributed by atoms with E-state index in [1.165, 1.54) is 32.2 Å². The minimum absolute atomic E-state index is 0.198. The van der Waals surface area contributed by atoms with Gasteiger partial charge in [0.25, 0.3) is 0 Å². The zero-order chi connectivity index (χ0) is 11.5. The van der Waals surface area contributed by atoms with Crippen LogP contribution in [0.25, 0.3) is 0 Å². The Labute approximate surface area is 99.3 Å². The summed E-state index contributed by atoms with van der Waals surface area (Å²) in [5.41, 5.74) is 5.65. The van der Waals surface area contributed by atoms with E-state index in [1.54, 1.807) is 7.11 Å². The summed E-state index contributed by atoms with van der Waals surface area (Å²) < 4.78 is 5.33. The molecule has 0 amide bonds. The lowest BCUT2D eigenvalue weighted by Crippen LogP contribution is -2.38. The quantitative estimate of drug-likeness (QED) is 0.742. The summed E-state index contributed by atoms with van der Waals surface area (Å²) in [7, 11) is 3.95. The minimum atomic E-state index is 0.198. The molecule has 0 radical (unpaired) electrons. The summed E-state index contributed by atoms with van der Waals surface area (Å²) in [5, 5.41) is 0. The van der Waals surface area contributed by atoms with Gasteiger partial charge >= 0.3 is 0 Å². The molecule has 2 rings (SSSR count). The number of fused-ring (bicyclic) bond motifs is 2.